The van der Waals surface area contributed by atoms with Gasteiger partial charge >= 0.3 is 11.9 Å². The number of unbranched alkanes of at least 4 members (excludes halogenated alkanes) is 13. The lowest BCUT2D eigenvalue weighted by Crippen LogP contribution is -2.25. The molecule has 292 valence electrons. The van der Waals surface area contributed by atoms with Crippen molar-refractivity contribution in [2.45, 2.75) is 193 Å². The summed E-state index contributed by atoms with van der Waals surface area (Å²) in [6, 6.07) is 0. The van der Waals surface area contributed by atoms with Crippen molar-refractivity contribution in [3.05, 3.63) is 60.8 Å². The minimum Gasteiger partial charge on any atom is -0.463 e. The maximum atomic E-state index is 12.0. The number of esters is 2. The molecule has 0 radical (unpaired) electrons. The van der Waals surface area contributed by atoms with Crippen LogP contribution in [0.25, 0.3) is 0 Å². The summed E-state index contributed by atoms with van der Waals surface area (Å²) in [6.07, 6.45) is 47.6. The first-order chi connectivity index (χ1) is 24.9. The third-order valence-electron chi connectivity index (χ3n) is 9.11. The molecule has 51 heavy (non-hydrogen) atoms. The van der Waals surface area contributed by atoms with Crippen LogP contribution in [0.4, 0.5) is 0 Å². The second kappa shape index (κ2) is 34.6. The molecule has 1 aliphatic heterocycles. The van der Waals surface area contributed by atoms with Gasteiger partial charge in [0.2, 0.25) is 0 Å². The highest BCUT2D eigenvalue weighted by Gasteiger charge is 2.35. The molecule has 1 saturated heterocycles. The summed E-state index contributed by atoms with van der Waals surface area (Å²) in [4.78, 5) is 24.0. The zero-order valence-corrected chi connectivity index (χ0v) is 33.0. The van der Waals surface area contributed by atoms with Gasteiger partial charge in [-0.05, 0) is 57.3 Å². The van der Waals surface area contributed by atoms with Gasteiger partial charge < -0.3 is 19.3 Å². The van der Waals surface area contributed by atoms with Crippen LogP contribution < -0.4 is 0 Å². The zero-order valence-electron chi connectivity index (χ0n) is 33.0. The molecular weight excluding hydrogens is 636 g/mol. The van der Waals surface area contributed by atoms with E-state index in [1.165, 1.54) is 77.0 Å². The van der Waals surface area contributed by atoms with Gasteiger partial charge in [0.25, 0.3) is 0 Å². The van der Waals surface area contributed by atoms with Crippen molar-refractivity contribution in [2.24, 2.45) is 5.92 Å². The fourth-order valence-electron chi connectivity index (χ4n) is 5.87. The van der Waals surface area contributed by atoms with Gasteiger partial charge in [-0.1, -0.05) is 171 Å². The van der Waals surface area contributed by atoms with Gasteiger partial charge in [-0.15, -0.1) is 0 Å². The average molecular weight is 713 g/mol. The van der Waals surface area contributed by atoms with Crippen molar-refractivity contribution < 1.29 is 28.9 Å². The number of carbonyl (C=O) groups is 2. The minimum atomic E-state index is -0.999. The highest BCUT2D eigenvalue weighted by Crippen LogP contribution is 2.29. The number of aliphatic hydroxyl groups is 1. The van der Waals surface area contributed by atoms with E-state index in [0.717, 1.165) is 63.7 Å². The quantitative estimate of drug-likeness (QED) is 0.0305. The lowest BCUT2D eigenvalue weighted by Gasteiger charge is -2.12. The number of allylic oxidation sites excluding steroid dienone is 8. The molecule has 1 N–H and O–H groups in total. The van der Waals surface area contributed by atoms with Gasteiger partial charge in [-0.3, -0.25) is 9.59 Å². The molecule has 0 aliphatic carbocycles. The molecule has 6 nitrogen and oxygen atoms in total. The number of aliphatic hydroxyl groups excluding tert-OH is 1. The second-order valence-corrected chi connectivity index (χ2v) is 14.6. The number of epoxide rings is 1. The Balaban J connectivity index is 1.86. The second-order valence-electron chi connectivity index (χ2n) is 14.6. The molecule has 0 aromatic rings. The van der Waals surface area contributed by atoms with Gasteiger partial charge in [0.1, 0.15) is 19.3 Å². The topological polar surface area (TPSA) is 85.4 Å². The Kier molecular flexibility index (Phi) is 31.6. The van der Waals surface area contributed by atoms with E-state index in [4.69, 9.17) is 14.2 Å². The summed E-state index contributed by atoms with van der Waals surface area (Å²) in [7, 11) is 0. The molecule has 1 aliphatic rings. The first-order valence-electron chi connectivity index (χ1n) is 20.8. The molecule has 6 heteroatoms. The standard InChI is InChI=1S/C45H76O6/c1-4-5-28-34-42-43(51-42)35-30-25-21-17-13-10-11-15-19-23-27-32-37-45(48)50-39-41(46)38-49-44(47)36-31-26-22-18-14-9-7-6-8-12-16-20-24-29-33-40(2)3/h5,11,13,15,17,23,25,27-28,30,40-43,46H,4,6-10,12,14,16,18-22,24,26,29,31-39H2,1-3H3/b15-11-,17-13-,27-23-,28-5-,30-25-/t41-,42?,43?/m0/s1. The lowest BCUT2D eigenvalue weighted by molar-refractivity contribution is -0.152. The number of ether oxygens (including phenoxy) is 3. The van der Waals surface area contributed by atoms with E-state index in [0.29, 0.717) is 25.0 Å². The van der Waals surface area contributed by atoms with Crippen LogP contribution in [-0.4, -0.2) is 48.6 Å². The van der Waals surface area contributed by atoms with Crippen molar-refractivity contribution in [1.29, 1.82) is 0 Å². The smallest absolute Gasteiger partial charge is 0.306 e. The maximum Gasteiger partial charge on any atom is 0.306 e. The van der Waals surface area contributed by atoms with Crippen LogP contribution in [0.1, 0.15) is 175 Å². The lowest BCUT2D eigenvalue weighted by atomic mass is 10.0. The van der Waals surface area contributed by atoms with Gasteiger partial charge in [0.05, 0.1) is 12.2 Å². The summed E-state index contributed by atoms with van der Waals surface area (Å²) in [5, 5.41) is 10.0. The van der Waals surface area contributed by atoms with Gasteiger partial charge in [0, 0.05) is 12.8 Å². The molecule has 1 heterocycles. The predicted molar refractivity (Wildman–Crippen MR) is 214 cm³/mol. The minimum absolute atomic E-state index is 0.143. The van der Waals surface area contributed by atoms with Crippen LogP contribution in [-0.2, 0) is 23.8 Å². The fraction of sp³-hybridized carbons (Fsp3) is 0.733. The summed E-state index contributed by atoms with van der Waals surface area (Å²) in [6.45, 7) is 6.47. The maximum absolute atomic E-state index is 12.0. The van der Waals surface area contributed by atoms with Crippen molar-refractivity contribution >= 4 is 11.9 Å². The van der Waals surface area contributed by atoms with E-state index in [1.807, 2.05) is 12.2 Å². The van der Waals surface area contributed by atoms with E-state index >= 15 is 0 Å². The van der Waals surface area contributed by atoms with Crippen LogP contribution >= 0.6 is 0 Å². The van der Waals surface area contributed by atoms with Crippen LogP contribution in [0.2, 0.25) is 0 Å². The third-order valence-corrected chi connectivity index (χ3v) is 9.11. The molecule has 0 saturated carbocycles. The zero-order chi connectivity index (χ0) is 37.0. The Hall–Kier alpha value is -2.44. The summed E-state index contributed by atoms with van der Waals surface area (Å²) in [5.74, 6) is 0.182. The van der Waals surface area contributed by atoms with Crippen LogP contribution in [0, 0.1) is 5.92 Å². The number of hydrogen-bond acceptors (Lipinski definition) is 6. The SMILES string of the molecule is CC/C=C\CC1OC1C/C=C\C/C=C\C/C=C\C/C=C\CCC(=O)OC[C@@H](O)COC(=O)CCCCCCCCCCCCCCCCC(C)C. The molecule has 3 atom stereocenters. The van der Waals surface area contributed by atoms with E-state index in [9.17, 15) is 14.7 Å². The number of carbonyl (C=O) groups excluding carboxylic acids is 2. The molecule has 0 amide bonds. The van der Waals surface area contributed by atoms with Crippen molar-refractivity contribution in [3.63, 3.8) is 0 Å². The Bertz CT molecular complexity index is 977. The van der Waals surface area contributed by atoms with Gasteiger partial charge in [-0.25, -0.2) is 0 Å². The molecular formula is C45H76O6. The van der Waals surface area contributed by atoms with E-state index in [1.54, 1.807) is 0 Å². The normalized spacial score (nSPS) is 16.9. The van der Waals surface area contributed by atoms with Crippen LogP contribution in [0.3, 0.4) is 0 Å². The Labute approximate surface area is 313 Å². The third kappa shape index (κ3) is 33.2. The van der Waals surface area contributed by atoms with Crippen LogP contribution in [0.5, 0.6) is 0 Å². The molecule has 1 fully saturated rings. The number of rotatable bonds is 35. The Morgan fingerprint density at radius 2 is 0.980 bits per heavy atom. The fourth-order valence-corrected chi connectivity index (χ4v) is 5.87. The highest BCUT2D eigenvalue weighted by atomic mass is 16.6. The summed E-state index contributed by atoms with van der Waals surface area (Å²) < 4.78 is 16.0. The predicted octanol–water partition coefficient (Wildman–Crippen LogP) is 12.0. The van der Waals surface area contributed by atoms with E-state index in [-0.39, 0.29) is 31.6 Å². The van der Waals surface area contributed by atoms with E-state index < -0.39 is 6.10 Å². The molecule has 0 spiro atoms. The molecule has 0 aromatic carbocycles. The highest BCUT2D eigenvalue weighted by molar-refractivity contribution is 5.70. The van der Waals surface area contributed by atoms with Gasteiger partial charge in [-0.2, -0.15) is 0 Å². The first-order valence-corrected chi connectivity index (χ1v) is 20.8. The van der Waals surface area contributed by atoms with Crippen molar-refractivity contribution in [2.75, 3.05) is 13.2 Å². The van der Waals surface area contributed by atoms with E-state index in [2.05, 4.69) is 69.4 Å². The molecule has 1 rings (SSSR count). The van der Waals surface area contributed by atoms with Crippen LogP contribution in [0.15, 0.2) is 60.8 Å². The molecule has 0 aromatic heterocycles. The monoisotopic (exact) mass is 713 g/mol. The Morgan fingerprint density at radius 3 is 1.47 bits per heavy atom. The largest absolute Gasteiger partial charge is 0.463 e. The molecule has 2 unspecified atom stereocenters. The molecule has 0 bridgehead atoms. The average Bonchev–Trinajstić information content (AvgIpc) is 3.87. The first kappa shape index (κ1) is 46.6. The van der Waals surface area contributed by atoms with Crippen molar-refractivity contribution in [3.8, 4) is 0 Å². The van der Waals surface area contributed by atoms with Crippen molar-refractivity contribution in [1.82, 2.24) is 0 Å². The van der Waals surface area contributed by atoms with Gasteiger partial charge in [0.15, 0.2) is 0 Å². The summed E-state index contributed by atoms with van der Waals surface area (Å²) in [5.41, 5.74) is 0. The summed E-state index contributed by atoms with van der Waals surface area (Å²) >= 11 is 0. The number of hydrogen-bond donors (Lipinski definition) is 1. The Morgan fingerprint density at radius 1 is 0.569 bits per heavy atom.